The highest BCUT2D eigenvalue weighted by atomic mass is 16.5. The van der Waals surface area contributed by atoms with E-state index in [1.807, 2.05) is 0 Å². The van der Waals surface area contributed by atoms with Crippen LogP contribution in [0.4, 0.5) is 10.5 Å². The molecule has 0 saturated heterocycles. The van der Waals surface area contributed by atoms with Crippen molar-refractivity contribution in [2.24, 2.45) is 5.92 Å². The number of ether oxygens (including phenoxy) is 1. The fourth-order valence-corrected chi connectivity index (χ4v) is 1.51. The molecule has 1 atom stereocenters. The zero-order valence-corrected chi connectivity index (χ0v) is 11.0. The normalized spacial score (nSPS) is 11.5. The van der Waals surface area contributed by atoms with Crippen LogP contribution < -0.4 is 15.4 Å². The van der Waals surface area contributed by atoms with Gasteiger partial charge in [-0.15, -0.1) is 0 Å². The van der Waals surface area contributed by atoms with Crippen LogP contribution in [0.3, 0.4) is 0 Å². The molecule has 1 rings (SSSR count). The molecule has 19 heavy (non-hydrogen) atoms. The summed E-state index contributed by atoms with van der Waals surface area (Å²) in [6, 6.07) is 6.60. The van der Waals surface area contributed by atoms with Crippen molar-refractivity contribution >= 4 is 17.7 Å². The summed E-state index contributed by atoms with van der Waals surface area (Å²) in [5.41, 5.74) is 0.614. The Hall–Kier alpha value is -2.24. The second-order valence-electron chi connectivity index (χ2n) is 4.27. The fourth-order valence-electron chi connectivity index (χ4n) is 1.51. The van der Waals surface area contributed by atoms with Gasteiger partial charge in [0.1, 0.15) is 5.75 Å². The van der Waals surface area contributed by atoms with Crippen LogP contribution in [0.25, 0.3) is 0 Å². The standard InChI is InChI=1S/C13H18N2O4/c1-9(6-12(16)17)8-14-13(18)15-10-4-3-5-11(7-10)19-2/h3-5,7,9H,6,8H2,1-2H3,(H,16,17)(H2,14,15,18). The molecule has 1 aromatic carbocycles. The maximum atomic E-state index is 11.6. The van der Waals surface area contributed by atoms with Gasteiger partial charge >= 0.3 is 12.0 Å². The first kappa shape index (κ1) is 14.8. The summed E-state index contributed by atoms with van der Waals surface area (Å²) in [7, 11) is 1.55. The monoisotopic (exact) mass is 266 g/mol. The fraction of sp³-hybridized carbons (Fsp3) is 0.385. The van der Waals surface area contributed by atoms with Crippen molar-refractivity contribution in [3.05, 3.63) is 24.3 Å². The van der Waals surface area contributed by atoms with Crippen molar-refractivity contribution in [2.45, 2.75) is 13.3 Å². The molecule has 6 nitrogen and oxygen atoms in total. The molecule has 6 heteroatoms. The Morgan fingerprint density at radius 2 is 2.16 bits per heavy atom. The number of amides is 2. The van der Waals surface area contributed by atoms with Crippen molar-refractivity contribution in [1.82, 2.24) is 5.32 Å². The summed E-state index contributed by atoms with van der Waals surface area (Å²) in [6.45, 7) is 2.07. The zero-order chi connectivity index (χ0) is 14.3. The number of hydrogen-bond acceptors (Lipinski definition) is 3. The molecular weight excluding hydrogens is 248 g/mol. The minimum absolute atomic E-state index is 0.0272. The molecule has 0 aliphatic heterocycles. The molecule has 0 radical (unpaired) electrons. The second-order valence-corrected chi connectivity index (χ2v) is 4.27. The number of aliphatic carboxylic acids is 1. The average molecular weight is 266 g/mol. The molecule has 1 unspecified atom stereocenters. The van der Waals surface area contributed by atoms with Crippen molar-refractivity contribution in [3.8, 4) is 5.75 Å². The number of rotatable bonds is 6. The Labute approximate surface area is 111 Å². The summed E-state index contributed by atoms with van der Waals surface area (Å²) in [6.07, 6.45) is 0.0272. The first-order valence-corrected chi connectivity index (χ1v) is 5.92. The van der Waals surface area contributed by atoms with Gasteiger partial charge in [0.05, 0.1) is 7.11 Å². The zero-order valence-electron chi connectivity index (χ0n) is 11.0. The summed E-state index contributed by atoms with van der Waals surface area (Å²) in [4.78, 5) is 22.1. The Bertz CT molecular complexity index is 448. The van der Waals surface area contributed by atoms with E-state index in [2.05, 4.69) is 10.6 Å². The highest BCUT2D eigenvalue weighted by molar-refractivity contribution is 5.89. The van der Waals surface area contributed by atoms with E-state index in [-0.39, 0.29) is 18.4 Å². The third kappa shape index (κ3) is 5.76. The maximum Gasteiger partial charge on any atom is 0.319 e. The number of methoxy groups -OCH3 is 1. The predicted molar refractivity (Wildman–Crippen MR) is 71.4 cm³/mol. The molecule has 1 aromatic rings. The van der Waals surface area contributed by atoms with Crippen LogP contribution in [0, 0.1) is 5.92 Å². The van der Waals surface area contributed by atoms with Crippen molar-refractivity contribution in [2.75, 3.05) is 19.0 Å². The van der Waals surface area contributed by atoms with Gasteiger partial charge in [-0.2, -0.15) is 0 Å². The van der Waals surface area contributed by atoms with Crippen LogP contribution in [-0.2, 0) is 4.79 Å². The Morgan fingerprint density at radius 3 is 2.79 bits per heavy atom. The van der Waals surface area contributed by atoms with Gasteiger partial charge < -0.3 is 20.5 Å². The van der Waals surface area contributed by atoms with E-state index >= 15 is 0 Å². The number of carboxylic acids is 1. The molecule has 3 N–H and O–H groups in total. The number of carbonyl (C=O) groups is 2. The summed E-state index contributed by atoms with van der Waals surface area (Å²) < 4.78 is 5.04. The van der Waals surface area contributed by atoms with Gasteiger partial charge in [-0.25, -0.2) is 4.79 Å². The lowest BCUT2D eigenvalue weighted by Gasteiger charge is -2.11. The van der Waals surface area contributed by atoms with Gasteiger partial charge in [-0.3, -0.25) is 4.79 Å². The van der Waals surface area contributed by atoms with Crippen LogP contribution in [0.2, 0.25) is 0 Å². The van der Waals surface area contributed by atoms with E-state index in [1.165, 1.54) is 0 Å². The molecule has 0 aromatic heterocycles. The Morgan fingerprint density at radius 1 is 1.42 bits per heavy atom. The maximum absolute atomic E-state index is 11.6. The van der Waals surface area contributed by atoms with Crippen molar-refractivity contribution < 1.29 is 19.4 Å². The van der Waals surface area contributed by atoms with Crippen LogP contribution in [0.15, 0.2) is 24.3 Å². The number of urea groups is 1. The Balaban J connectivity index is 2.40. The summed E-state index contributed by atoms with van der Waals surface area (Å²) >= 11 is 0. The molecule has 0 bridgehead atoms. The van der Waals surface area contributed by atoms with E-state index in [9.17, 15) is 9.59 Å². The number of hydrogen-bond donors (Lipinski definition) is 3. The summed E-state index contributed by atoms with van der Waals surface area (Å²) in [5.74, 6) is -0.340. The van der Waals surface area contributed by atoms with E-state index in [0.29, 0.717) is 18.0 Å². The van der Waals surface area contributed by atoms with Crippen LogP contribution in [0.5, 0.6) is 5.75 Å². The molecule has 0 spiro atoms. The first-order chi connectivity index (χ1) is 9.01. The minimum Gasteiger partial charge on any atom is -0.497 e. The van der Waals surface area contributed by atoms with Gasteiger partial charge in [0.25, 0.3) is 0 Å². The number of carboxylic acid groups (broad SMARTS) is 1. The molecular formula is C13H18N2O4. The highest BCUT2D eigenvalue weighted by Gasteiger charge is 2.09. The van der Waals surface area contributed by atoms with E-state index in [1.54, 1.807) is 38.3 Å². The number of benzene rings is 1. The SMILES string of the molecule is COc1cccc(NC(=O)NCC(C)CC(=O)O)c1. The summed E-state index contributed by atoms with van der Waals surface area (Å²) in [5, 5.41) is 13.9. The van der Waals surface area contributed by atoms with Crippen molar-refractivity contribution in [3.63, 3.8) is 0 Å². The lowest BCUT2D eigenvalue weighted by Crippen LogP contribution is -2.32. The van der Waals surface area contributed by atoms with E-state index in [0.717, 1.165) is 0 Å². The highest BCUT2D eigenvalue weighted by Crippen LogP contribution is 2.16. The molecule has 2 amide bonds. The van der Waals surface area contributed by atoms with Crippen LogP contribution in [-0.4, -0.2) is 30.8 Å². The largest absolute Gasteiger partial charge is 0.497 e. The molecule has 0 aliphatic carbocycles. The van der Waals surface area contributed by atoms with Gasteiger partial charge in [-0.05, 0) is 18.1 Å². The first-order valence-electron chi connectivity index (χ1n) is 5.92. The molecule has 0 heterocycles. The van der Waals surface area contributed by atoms with Gasteiger partial charge in [-0.1, -0.05) is 13.0 Å². The smallest absolute Gasteiger partial charge is 0.319 e. The van der Waals surface area contributed by atoms with Gasteiger partial charge in [0.2, 0.25) is 0 Å². The molecule has 0 fully saturated rings. The molecule has 0 aliphatic rings. The third-order valence-electron chi connectivity index (χ3n) is 2.46. The molecule has 104 valence electrons. The average Bonchev–Trinajstić information content (AvgIpc) is 2.36. The quantitative estimate of drug-likeness (QED) is 0.734. The number of anilines is 1. The van der Waals surface area contributed by atoms with E-state index < -0.39 is 5.97 Å². The van der Waals surface area contributed by atoms with Crippen LogP contribution in [0.1, 0.15) is 13.3 Å². The van der Waals surface area contributed by atoms with Crippen LogP contribution >= 0.6 is 0 Å². The Kier molecular flexibility index (Phi) is 5.66. The van der Waals surface area contributed by atoms with E-state index in [4.69, 9.17) is 9.84 Å². The van der Waals surface area contributed by atoms with Gasteiger partial charge in [0.15, 0.2) is 0 Å². The number of carbonyl (C=O) groups excluding carboxylic acids is 1. The second kappa shape index (κ2) is 7.25. The number of nitrogens with one attached hydrogen (secondary N) is 2. The van der Waals surface area contributed by atoms with Gasteiger partial charge in [0, 0.05) is 24.7 Å². The van der Waals surface area contributed by atoms with Crippen molar-refractivity contribution in [1.29, 1.82) is 0 Å². The third-order valence-corrected chi connectivity index (χ3v) is 2.46. The molecule has 0 saturated carbocycles. The topological polar surface area (TPSA) is 87.7 Å². The lowest BCUT2D eigenvalue weighted by molar-refractivity contribution is -0.137. The predicted octanol–water partition coefficient (Wildman–Crippen LogP) is 1.93. The minimum atomic E-state index is -0.873. The lowest BCUT2D eigenvalue weighted by atomic mass is 10.1.